The Kier molecular flexibility index (Phi) is 8.25. The number of amides is 3. The largest absolute Gasteiger partial charge is 0.376 e. The van der Waals surface area contributed by atoms with Gasteiger partial charge in [-0.3, -0.25) is 14.4 Å². The van der Waals surface area contributed by atoms with Crippen molar-refractivity contribution in [3.8, 4) is 0 Å². The number of carbonyl (C=O) groups is 3. The van der Waals surface area contributed by atoms with Gasteiger partial charge < -0.3 is 20.4 Å². The van der Waals surface area contributed by atoms with Crippen molar-refractivity contribution in [2.45, 2.75) is 32.1 Å². The molecule has 7 nitrogen and oxygen atoms in total. The van der Waals surface area contributed by atoms with Gasteiger partial charge in [0.2, 0.25) is 11.8 Å². The van der Waals surface area contributed by atoms with Crippen LogP contribution in [0.3, 0.4) is 0 Å². The number of piperidine rings is 1. The Bertz CT molecular complexity index is 952. The molecule has 3 amide bonds. The minimum Gasteiger partial charge on any atom is -0.376 e. The van der Waals surface area contributed by atoms with Gasteiger partial charge in [0, 0.05) is 50.5 Å². The molecule has 1 heterocycles. The highest BCUT2D eigenvalue weighted by Crippen LogP contribution is 2.17. The lowest BCUT2D eigenvalue weighted by molar-refractivity contribution is -0.128. The number of carbonyl (C=O) groups excluding carboxylic acids is 3. The van der Waals surface area contributed by atoms with Crippen molar-refractivity contribution < 1.29 is 14.4 Å². The first-order valence-electron chi connectivity index (χ1n) is 11.1. The highest BCUT2D eigenvalue weighted by atomic mass is 16.2. The molecule has 0 bridgehead atoms. The van der Waals surface area contributed by atoms with Crippen LogP contribution in [0.15, 0.2) is 48.5 Å². The van der Waals surface area contributed by atoms with Crippen molar-refractivity contribution in [1.29, 1.82) is 0 Å². The minimum atomic E-state index is -0.194. The van der Waals surface area contributed by atoms with E-state index in [2.05, 4.69) is 10.6 Å². The van der Waals surface area contributed by atoms with E-state index in [1.54, 1.807) is 43.3 Å². The predicted molar refractivity (Wildman–Crippen MR) is 127 cm³/mol. The molecule has 7 heteroatoms. The summed E-state index contributed by atoms with van der Waals surface area (Å²) in [4.78, 5) is 40.4. The lowest BCUT2D eigenvalue weighted by Gasteiger charge is -2.26. The van der Waals surface area contributed by atoms with Crippen LogP contribution < -0.4 is 10.6 Å². The van der Waals surface area contributed by atoms with E-state index >= 15 is 0 Å². The zero-order chi connectivity index (χ0) is 22.9. The monoisotopic (exact) mass is 436 g/mol. The summed E-state index contributed by atoms with van der Waals surface area (Å²) in [6, 6.07) is 14.8. The molecule has 0 aliphatic carbocycles. The molecule has 1 aliphatic heterocycles. The van der Waals surface area contributed by atoms with E-state index in [-0.39, 0.29) is 24.3 Å². The van der Waals surface area contributed by atoms with Gasteiger partial charge in [0.05, 0.1) is 6.54 Å². The maximum absolute atomic E-state index is 12.7. The Hall–Kier alpha value is -3.35. The molecule has 2 aromatic rings. The molecule has 1 aliphatic rings. The molecule has 1 fully saturated rings. The third-order valence-electron chi connectivity index (χ3n) is 5.54. The van der Waals surface area contributed by atoms with E-state index in [1.807, 2.05) is 29.2 Å². The van der Waals surface area contributed by atoms with Crippen LogP contribution in [0, 0.1) is 0 Å². The Morgan fingerprint density at radius 3 is 2.41 bits per heavy atom. The number of hydrogen-bond acceptors (Lipinski definition) is 4. The molecular formula is C25H32N4O3. The van der Waals surface area contributed by atoms with Crippen LogP contribution in [-0.2, 0) is 16.0 Å². The Labute approximate surface area is 189 Å². The van der Waals surface area contributed by atoms with Crippen molar-refractivity contribution in [2.75, 3.05) is 44.4 Å². The summed E-state index contributed by atoms with van der Waals surface area (Å²) >= 11 is 0. The first kappa shape index (κ1) is 23.3. The van der Waals surface area contributed by atoms with Crippen LogP contribution in [-0.4, -0.2) is 61.3 Å². The maximum atomic E-state index is 12.7. The van der Waals surface area contributed by atoms with Gasteiger partial charge in [-0.2, -0.15) is 0 Å². The van der Waals surface area contributed by atoms with Gasteiger partial charge in [0.25, 0.3) is 5.91 Å². The Balaban J connectivity index is 1.51. The molecule has 32 heavy (non-hydrogen) atoms. The number of anilines is 2. The van der Waals surface area contributed by atoms with Crippen LogP contribution in [0.1, 0.15) is 41.6 Å². The fourth-order valence-electron chi connectivity index (χ4n) is 3.71. The zero-order valence-corrected chi connectivity index (χ0v) is 18.9. The summed E-state index contributed by atoms with van der Waals surface area (Å²) in [5.74, 6) is -0.0898. The summed E-state index contributed by atoms with van der Waals surface area (Å²) in [6.07, 6.45) is 4.35. The topological polar surface area (TPSA) is 81.8 Å². The number of nitrogens with zero attached hydrogens (tertiary/aromatic N) is 2. The molecule has 170 valence electrons. The minimum absolute atomic E-state index is 0.0171. The van der Waals surface area contributed by atoms with E-state index in [0.29, 0.717) is 24.1 Å². The molecule has 0 spiro atoms. The Morgan fingerprint density at radius 1 is 0.938 bits per heavy atom. The van der Waals surface area contributed by atoms with Gasteiger partial charge in [0.1, 0.15) is 0 Å². The smallest absolute Gasteiger partial charge is 0.253 e. The molecule has 1 saturated heterocycles. The molecule has 0 unspecified atom stereocenters. The van der Waals surface area contributed by atoms with Crippen molar-refractivity contribution >= 4 is 29.1 Å². The summed E-state index contributed by atoms with van der Waals surface area (Å²) in [6.45, 7) is 1.69. The summed E-state index contributed by atoms with van der Waals surface area (Å²) in [7, 11) is 3.50. The quantitative estimate of drug-likeness (QED) is 0.665. The van der Waals surface area contributed by atoms with E-state index in [0.717, 1.165) is 37.2 Å². The second-order valence-corrected chi connectivity index (χ2v) is 8.32. The average Bonchev–Trinajstić information content (AvgIpc) is 2.81. The van der Waals surface area contributed by atoms with Gasteiger partial charge in [-0.25, -0.2) is 0 Å². The molecule has 0 aromatic heterocycles. The predicted octanol–water partition coefficient (Wildman–Crippen LogP) is 3.38. The first-order chi connectivity index (χ1) is 15.4. The number of benzene rings is 2. The fraction of sp³-hybridized carbons (Fsp3) is 0.400. The van der Waals surface area contributed by atoms with Gasteiger partial charge in [-0.15, -0.1) is 0 Å². The lowest BCUT2D eigenvalue weighted by Crippen LogP contribution is -2.35. The highest BCUT2D eigenvalue weighted by Gasteiger charge is 2.18. The second-order valence-electron chi connectivity index (χ2n) is 8.32. The number of rotatable bonds is 8. The number of hydrogen-bond donors (Lipinski definition) is 2. The van der Waals surface area contributed by atoms with E-state index < -0.39 is 0 Å². The fourth-order valence-corrected chi connectivity index (χ4v) is 3.71. The average molecular weight is 437 g/mol. The second kappa shape index (κ2) is 11.3. The van der Waals surface area contributed by atoms with Crippen LogP contribution in [0.4, 0.5) is 11.4 Å². The van der Waals surface area contributed by atoms with Crippen LogP contribution in [0.5, 0.6) is 0 Å². The molecule has 2 N–H and O–H groups in total. The highest BCUT2D eigenvalue weighted by molar-refractivity contribution is 5.98. The molecule has 0 saturated carbocycles. The maximum Gasteiger partial charge on any atom is 0.253 e. The van der Waals surface area contributed by atoms with Crippen LogP contribution in [0.2, 0.25) is 0 Å². The van der Waals surface area contributed by atoms with Gasteiger partial charge in [-0.1, -0.05) is 18.2 Å². The van der Waals surface area contributed by atoms with Crippen molar-refractivity contribution in [1.82, 2.24) is 9.80 Å². The SMILES string of the molecule is CN(C)C(=O)CCc1cccc(NCC(=O)Nc2cccc(C(=O)N3CCCCC3)c2)c1. The zero-order valence-electron chi connectivity index (χ0n) is 18.9. The Morgan fingerprint density at radius 2 is 1.66 bits per heavy atom. The standard InChI is InChI=1S/C25H32N4O3/c1-28(2)24(31)13-12-19-8-6-10-21(16-19)26-18-23(30)27-22-11-7-9-20(17-22)25(32)29-14-4-3-5-15-29/h6-11,16-17,26H,3-5,12-15,18H2,1-2H3,(H,27,30). The van der Waals surface area contributed by atoms with Crippen LogP contribution >= 0.6 is 0 Å². The summed E-state index contributed by atoms with van der Waals surface area (Å²) in [5.41, 5.74) is 3.06. The van der Waals surface area contributed by atoms with Gasteiger partial charge in [-0.05, 0) is 61.6 Å². The van der Waals surface area contributed by atoms with Gasteiger partial charge in [0.15, 0.2) is 0 Å². The van der Waals surface area contributed by atoms with Crippen LogP contribution in [0.25, 0.3) is 0 Å². The molecule has 3 rings (SSSR count). The van der Waals surface area contributed by atoms with Gasteiger partial charge >= 0.3 is 0 Å². The van der Waals surface area contributed by atoms with E-state index in [4.69, 9.17) is 0 Å². The molecule has 0 atom stereocenters. The normalized spacial score (nSPS) is 13.4. The lowest BCUT2D eigenvalue weighted by atomic mass is 10.1. The first-order valence-corrected chi connectivity index (χ1v) is 11.1. The van der Waals surface area contributed by atoms with Crippen molar-refractivity contribution in [2.24, 2.45) is 0 Å². The molecule has 2 aromatic carbocycles. The number of aryl methyl sites for hydroxylation is 1. The van der Waals surface area contributed by atoms with E-state index in [1.165, 1.54) is 6.42 Å². The third kappa shape index (κ3) is 6.83. The molecular weight excluding hydrogens is 404 g/mol. The van der Waals surface area contributed by atoms with E-state index in [9.17, 15) is 14.4 Å². The third-order valence-corrected chi connectivity index (χ3v) is 5.54. The molecule has 0 radical (unpaired) electrons. The number of nitrogens with one attached hydrogen (secondary N) is 2. The number of likely N-dealkylation sites (tertiary alicyclic amines) is 1. The summed E-state index contributed by atoms with van der Waals surface area (Å²) < 4.78 is 0. The van der Waals surface area contributed by atoms with Crippen molar-refractivity contribution in [3.05, 3.63) is 59.7 Å². The van der Waals surface area contributed by atoms with Crippen molar-refractivity contribution in [3.63, 3.8) is 0 Å². The summed E-state index contributed by atoms with van der Waals surface area (Å²) in [5, 5.41) is 5.98.